The molecule has 0 saturated heterocycles. The molecule has 2 rings (SSSR count). The second-order valence-electron chi connectivity index (χ2n) is 5.69. The van der Waals surface area contributed by atoms with Gasteiger partial charge in [0.25, 0.3) is 5.91 Å². The Morgan fingerprint density at radius 1 is 1.20 bits per heavy atom. The zero-order valence-electron chi connectivity index (χ0n) is 14.2. The van der Waals surface area contributed by atoms with Crippen LogP contribution >= 0.6 is 0 Å². The van der Waals surface area contributed by atoms with E-state index in [1.165, 1.54) is 12.1 Å². The molecule has 2 aromatic rings. The number of carbonyl (C=O) groups is 1. The summed E-state index contributed by atoms with van der Waals surface area (Å²) in [5.74, 6) is 0.421. The molecule has 0 aliphatic heterocycles. The number of hydrogen-bond donors (Lipinski definition) is 2. The highest BCUT2D eigenvalue weighted by Gasteiger charge is 2.13. The lowest BCUT2D eigenvalue weighted by Crippen LogP contribution is -2.26. The number of carbonyl (C=O) groups excluding carboxylic acids is 1. The van der Waals surface area contributed by atoms with Gasteiger partial charge in [-0.2, -0.15) is 0 Å². The van der Waals surface area contributed by atoms with Crippen LogP contribution in [0.3, 0.4) is 0 Å². The first-order chi connectivity index (χ1) is 11.8. The summed E-state index contributed by atoms with van der Waals surface area (Å²) in [7, 11) is -3.73. The Kier molecular flexibility index (Phi) is 6.17. The molecule has 1 unspecified atom stereocenters. The van der Waals surface area contributed by atoms with E-state index in [2.05, 4.69) is 5.32 Å². The molecule has 134 valence electrons. The number of nitrogens with two attached hydrogens (primary N) is 1. The van der Waals surface area contributed by atoms with E-state index in [0.717, 1.165) is 12.0 Å². The minimum absolute atomic E-state index is 0.0375. The average Bonchev–Trinajstić information content (AvgIpc) is 2.59. The van der Waals surface area contributed by atoms with E-state index in [4.69, 9.17) is 9.88 Å². The molecule has 3 N–H and O–H groups in total. The Balaban J connectivity index is 2.07. The number of hydrogen-bond acceptors (Lipinski definition) is 4. The van der Waals surface area contributed by atoms with E-state index >= 15 is 0 Å². The number of sulfonamides is 1. The highest BCUT2D eigenvalue weighted by Crippen LogP contribution is 2.18. The van der Waals surface area contributed by atoms with Crippen molar-refractivity contribution in [3.05, 3.63) is 59.7 Å². The van der Waals surface area contributed by atoms with Gasteiger partial charge in [0.05, 0.1) is 17.5 Å². The van der Waals surface area contributed by atoms with Gasteiger partial charge in [0, 0.05) is 5.56 Å². The van der Waals surface area contributed by atoms with E-state index in [0.29, 0.717) is 17.9 Å². The molecule has 0 spiro atoms. The highest BCUT2D eigenvalue weighted by molar-refractivity contribution is 7.89. The van der Waals surface area contributed by atoms with Crippen LogP contribution in [0.4, 0.5) is 0 Å². The maximum atomic E-state index is 12.4. The lowest BCUT2D eigenvalue weighted by atomic mass is 10.1. The van der Waals surface area contributed by atoms with Crippen LogP contribution in [0.15, 0.2) is 53.4 Å². The Bertz CT molecular complexity index is 832. The smallest absolute Gasteiger partial charge is 0.251 e. The van der Waals surface area contributed by atoms with Crippen LogP contribution in [0.2, 0.25) is 0 Å². The zero-order valence-corrected chi connectivity index (χ0v) is 15.0. The van der Waals surface area contributed by atoms with Crippen molar-refractivity contribution in [3.63, 3.8) is 0 Å². The van der Waals surface area contributed by atoms with Gasteiger partial charge in [0.15, 0.2) is 0 Å². The molecule has 6 nitrogen and oxygen atoms in total. The highest BCUT2D eigenvalue weighted by atomic mass is 32.2. The Hall–Kier alpha value is -2.38. The first kappa shape index (κ1) is 19.0. The minimum atomic E-state index is -3.73. The molecule has 0 fully saturated rings. The normalized spacial score (nSPS) is 12.4. The molecule has 1 atom stereocenters. The van der Waals surface area contributed by atoms with Gasteiger partial charge < -0.3 is 10.1 Å². The fourth-order valence-corrected chi connectivity index (χ4v) is 2.77. The monoisotopic (exact) mass is 362 g/mol. The minimum Gasteiger partial charge on any atom is -0.494 e. The molecule has 0 aliphatic rings. The standard InChI is InChI=1S/C18H22N2O4S/c1-3-11-24-16-6-4-5-15(12-16)18(21)20-13(2)14-7-9-17(10-8-14)25(19,22)23/h4-10,12-13H,3,11H2,1-2H3,(H,20,21)(H2,19,22,23). The van der Waals surface area contributed by atoms with Gasteiger partial charge in [-0.3, -0.25) is 4.79 Å². The van der Waals surface area contributed by atoms with Crippen LogP contribution in [0.25, 0.3) is 0 Å². The largest absolute Gasteiger partial charge is 0.494 e. The van der Waals surface area contributed by atoms with Crippen LogP contribution < -0.4 is 15.2 Å². The fraction of sp³-hybridized carbons (Fsp3) is 0.278. The topological polar surface area (TPSA) is 98.5 Å². The lowest BCUT2D eigenvalue weighted by molar-refractivity contribution is 0.0939. The van der Waals surface area contributed by atoms with Gasteiger partial charge in [0.1, 0.15) is 5.75 Å². The van der Waals surface area contributed by atoms with Crippen molar-refractivity contribution in [1.82, 2.24) is 5.32 Å². The molecule has 0 saturated carbocycles. The van der Waals surface area contributed by atoms with E-state index in [9.17, 15) is 13.2 Å². The summed E-state index contributed by atoms with van der Waals surface area (Å²) in [5.41, 5.74) is 1.28. The quantitative estimate of drug-likeness (QED) is 0.791. The number of primary sulfonamides is 1. The molecule has 7 heteroatoms. The van der Waals surface area contributed by atoms with Gasteiger partial charge in [0.2, 0.25) is 10.0 Å². The number of amides is 1. The van der Waals surface area contributed by atoms with Crippen molar-refractivity contribution >= 4 is 15.9 Å². The van der Waals surface area contributed by atoms with Crippen molar-refractivity contribution < 1.29 is 17.9 Å². The molecule has 0 radical (unpaired) electrons. The van der Waals surface area contributed by atoms with Crippen molar-refractivity contribution in [2.75, 3.05) is 6.61 Å². The van der Waals surface area contributed by atoms with Crippen molar-refractivity contribution in [1.29, 1.82) is 0 Å². The summed E-state index contributed by atoms with van der Waals surface area (Å²) in [6, 6.07) is 12.8. The molecule has 1 amide bonds. The third kappa shape index (κ3) is 5.30. The second kappa shape index (κ2) is 8.13. The molecular formula is C18H22N2O4S. The second-order valence-corrected chi connectivity index (χ2v) is 7.25. The first-order valence-corrected chi connectivity index (χ1v) is 9.52. The average molecular weight is 362 g/mol. The van der Waals surface area contributed by atoms with E-state index in [1.54, 1.807) is 30.3 Å². The van der Waals surface area contributed by atoms with Gasteiger partial charge in [-0.25, -0.2) is 13.6 Å². The van der Waals surface area contributed by atoms with E-state index in [-0.39, 0.29) is 16.8 Å². The third-order valence-electron chi connectivity index (χ3n) is 3.63. The number of ether oxygens (including phenoxy) is 1. The molecular weight excluding hydrogens is 340 g/mol. The van der Waals surface area contributed by atoms with Crippen LogP contribution in [-0.2, 0) is 10.0 Å². The molecule has 2 aromatic carbocycles. The fourth-order valence-electron chi connectivity index (χ4n) is 2.26. The predicted molar refractivity (Wildman–Crippen MR) is 95.9 cm³/mol. The first-order valence-electron chi connectivity index (χ1n) is 7.97. The Labute approximate surface area is 148 Å². The van der Waals surface area contributed by atoms with E-state index < -0.39 is 10.0 Å². The summed E-state index contributed by atoms with van der Waals surface area (Å²) in [6.07, 6.45) is 0.891. The molecule has 0 heterocycles. The van der Waals surface area contributed by atoms with Crippen LogP contribution in [0.5, 0.6) is 5.75 Å². The molecule has 0 bridgehead atoms. The molecule has 0 aromatic heterocycles. The summed E-state index contributed by atoms with van der Waals surface area (Å²) in [6.45, 7) is 4.43. The van der Waals surface area contributed by atoms with Gasteiger partial charge in [-0.05, 0) is 49.2 Å². The van der Waals surface area contributed by atoms with Gasteiger partial charge in [-0.1, -0.05) is 25.1 Å². The maximum Gasteiger partial charge on any atom is 0.251 e. The summed E-state index contributed by atoms with van der Waals surface area (Å²) in [5, 5.41) is 7.96. The lowest BCUT2D eigenvalue weighted by Gasteiger charge is -2.15. The molecule has 0 aliphatic carbocycles. The maximum absolute atomic E-state index is 12.4. The van der Waals surface area contributed by atoms with Crippen molar-refractivity contribution in [2.45, 2.75) is 31.2 Å². The van der Waals surface area contributed by atoms with E-state index in [1.807, 2.05) is 19.9 Å². The number of nitrogens with one attached hydrogen (secondary N) is 1. The summed E-state index contributed by atoms with van der Waals surface area (Å²) in [4.78, 5) is 12.4. The van der Waals surface area contributed by atoms with Gasteiger partial charge >= 0.3 is 0 Å². The van der Waals surface area contributed by atoms with Crippen molar-refractivity contribution in [3.8, 4) is 5.75 Å². The Morgan fingerprint density at radius 2 is 1.88 bits per heavy atom. The van der Waals surface area contributed by atoms with Crippen LogP contribution in [-0.4, -0.2) is 20.9 Å². The third-order valence-corrected chi connectivity index (χ3v) is 4.55. The SMILES string of the molecule is CCCOc1cccc(C(=O)NC(C)c2ccc(S(N)(=O)=O)cc2)c1. The Morgan fingerprint density at radius 3 is 2.48 bits per heavy atom. The van der Waals surface area contributed by atoms with Crippen LogP contribution in [0, 0.1) is 0 Å². The van der Waals surface area contributed by atoms with Crippen LogP contribution in [0.1, 0.15) is 42.2 Å². The van der Waals surface area contributed by atoms with Crippen molar-refractivity contribution in [2.24, 2.45) is 5.14 Å². The number of benzene rings is 2. The summed E-state index contributed by atoms with van der Waals surface area (Å²) < 4.78 is 28.1. The number of rotatable bonds is 7. The predicted octanol–water partition coefficient (Wildman–Crippen LogP) is 2.61. The molecule has 25 heavy (non-hydrogen) atoms. The summed E-state index contributed by atoms with van der Waals surface area (Å²) >= 11 is 0. The van der Waals surface area contributed by atoms with Gasteiger partial charge in [-0.15, -0.1) is 0 Å². The zero-order chi connectivity index (χ0) is 18.4.